The molecule has 0 aliphatic rings. The van der Waals surface area contributed by atoms with Gasteiger partial charge in [-0.05, 0) is 50.2 Å². The van der Waals surface area contributed by atoms with Crippen LogP contribution in [0.15, 0.2) is 53.0 Å². The molecule has 0 aliphatic heterocycles. The van der Waals surface area contributed by atoms with E-state index in [0.29, 0.717) is 0 Å². The fourth-order valence-corrected chi connectivity index (χ4v) is 2.01. The number of hydrogen-bond donors (Lipinski definition) is 2. The molecule has 0 saturated carbocycles. The summed E-state index contributed by atoms with van der Waals surface area (Å²) in [6.07, 6.45) is 0. The Labute approximate surface area is 127 Å². The zero-order chi connectivity index (χ0) is 14.5. The maximum Gasteiger partial charge on any atom is 0.246 e. The molecule has 0 unspecified atom stereocenters. The molecule has 1 atom stereocenters. The number of anilines is 2. The van der Waals surface area contributed by atoms with Crippen molar-refractivity contribution in [2.45, 2.75) is 19.9 Å². The van der Waals surface area contributed by atoms with Gasteiger partial charge in [-0.25, -0.2) is 0 Å². The quantitative estimate of drug-likeness (QED) is 0.881. The summed E-state index contributed by atoms with van der Waals surface area (Å²) in [6, 6.07) is 15.2. The Morgan fingerprint density at radius 3 is 2.15 bits per heavy atom. The fourth-order valence-electron chi connectivity index (χ4n) is 1.75. The van der Waals surface area contributed by atoms with Gasteiger partial charge in [0.25, 0.3) is 0 Å². The highest BCUT2D eigenvalue weighted by Crippen LogP contribution is 2.15. The van der Waals surface area contributed by atoms with Crippen molar-refractivity contribution >= 4 is 33.2 Å². The van der Waals surface area contributed by atoms with E-state index in [9.17, 15) is 4.79 Å². The second-order valence-corrected chi connectivity index (χ2v) is 5.64. The molecule has 2 rings (SSSR count). The van der Waals surface area contributed by atoms with Crippen molar-refractivity contribution in [3.05, 3.63) is 58.6 Å². The lowest BCUT2D eigenvalue weighted by Gasteiger charge is -2.15. The normalized spacial score (nSPS) is 11.8. The molecule has 1 amide bonds. The summed E-state index contributed by atoms with van der Waals surface area (Å²) in [6.45, 7) is 3.88. The maximum atomic E-state index is 12.1. The molecule has 0 spiro atoms. The van der Waals surface area contributed by atoms with Gasteiger partial charge in [0.15, 0.2) is 0 Å². The number of hydrogen-bond acceptors (Lipinski definition) is 2. The number of benzene rings is 2. The lowest BCUT2D eigenvalue weighted by atomic mass is 10.2. The first-order valence-electron chi connectivity index (χ1n) is 6.44. The van der Waals surface area contributed by atoms with Gasteiger partial charge in [-0.1, -0.05) is 33.6 Å². The molecule has 2 aromatic carbocycles. The SMILES string of the molecule is Cc1ccc(N[C@H](C)C(=O)Nc2ccc(Br)cc2)cc1. The molecule has 0 fully saturated rings. The zero-order valence-electron chi connectivity index (χ0n) is 11.5. The number of nitrogens with one attached hydrogen (secondary N) is 2. The zero-order valence-corrected chi connectivity index (χ0v) is 13.1. The minimum absolute atomic E-state index is 0.0621. The molecule has 2 aromatic rings. The molecule has 0 radical (unpaired) electrons. The highest BCUT2D eigenvalue weighted by molar-refractivity contribution is 9.10. The summed E-state index contributed by atoms with van der Waals surface area (Å²) < 4.78 is 0.987. The molecular weight excluding hydrogens is 316 g/mol. The van der Waals surface area contributed by atoms with Gasteiger partial charge in [-0.3, -0.25) is 4.79 Å². The largest absolute Gasteiger partial charge is 0.374 e. The Bertz CT molecular complexity index is 578. The molecule has 2 N–H and O–H groups in total. The Hall–Kier alpha value is -1.81. The minimum Gasteiger partial charge on any atom is -0.374 e. The van der Waals surface area contributed by atoms with Gasteiger partial charge < -0.3 is 10.6 Å². The molecule has 0 aromatic heterocycles. The number of halogens is 1. The van der Waals surface area contributed by atoms with Gasteiger partial charge in [0.05, 0.1) is 0 Å². The molecule has 104 valence electrons. The van der Waals surface area contributed by atoms with Crippen molar-refractivity contribution in [2.24, 2.45) is 0 Å². The summed E-state index contributed by atoms with van der Waals surface area (Å²) in [5.41, 5.74) is 2.92. The summed E-state index contributed by atoms with van der Waals surface area (Å²) in [5.74, 6) is -0.0621. The number of carbonyl (C=O) groups excluding carboxylic acids is 1. The number of rotatable bonds is 4. The van der Waals surface area contributed by atoms with Crippen LogP contribution >= 0.6 is 15.9 Å². The molecule has 0 bridgehead atoms. The topological polar surface area (TPSA) is 41.1 Å². The Kier molecular flexibility index (Phi) is 4.79. The minimum atomic E-state index is -0.304. The Morgan fingerprint density at radius 2 is 1.55 bits per heavy atom. The smallest absolute Gasteiger partial charge is 0.246 e. The van der Waals surface area contributed by atoms with Crippen LogP contribution in [0.1, 0.15) is 12.5 Å². The second-order valence-electron chi connectivity index (χ2n) is 4.73. The van der Waals surface area contributed by atoms with Crippen LogP contribution in [0.4, 0.5) is 11.4 Å². The van der Waals surface area contributed by atoms with E-state index in [1.54, 1.807) is 0 Å². The van der Waals surface area contributed by atoms with Crippen molar-refractivity contribution in [3.63, 3.8) is 0 Å². The van der Waals surface area contributed by atoms with E-state index in [2.05, 4.69) is 26.6 Å². The van der Waals surface area contributed by atoms with Crippen molar-refractivity contribution in [3.8, 4) is 0 Å². The van der Waals surface area contributed by atoms with E-state index in [1.807, 2.05) is 62.4 Å². The van der Waals surface area contributed by atoms with Gasteiger partial charge >= 0.3 is 0 Å². The molecule has 4 heteroatoms. The number of aryl methyl sites for hydroxylation is 1. The molecule has 20 heavy (non-hydrogen) atoms. The average Bonchev–Trinajstić information content (AvgIpc) is 2.44. The van der Waals surface area contributed by atoms with E-state index >= 15 is 0 Å². The highest BCUT2D eigenvalue weighted by atomic mass is 79.9. The predicted molar refractivity (Wildman–Crippen MR) is 87.0 cm³/mol. The lowest BCUT2D eigenvalue weighted by molar-refractivity contribution is -0.116. The van der Waals surface area contributed by atoms with Crippen LogP contribution in [-0.2, 0) is 4.79 Å². The molecular formula is C16H17BrN2O. The van der Waals surface area contributed by atoms with E-state index < -0.39 is 0 Å². The Balaban J connectivity index is 1.94. The van der Waals surface area contributed by atoms with Gasteiger partial charge in [0.1, 0.15) is 6.04 Å². The van der Waals surface area contributed by atoms with Crippen molar-refractivity contribution < 1.29 is 4.79 Å². The van der Waals surface area contributed by atoms with Gasteiger partial charge in [-0.2, -0.15) is 0 Å². The van der Waals surface area contributed by atoms with Gasteiger partial charge in [0, 0.05) is 15.8 Å². The summed E-state index contributed by atoms with van der Waals surface area (Å²) in [5, 5.41) is 6.06. The first kappa shape index (κ1) is 14.6. The third kappa shape index (κ3) is 4.10. The lowest BCUT2D eigenvalue weighted by Crippen LogP contribution is -2.31. The van der Waals surface area contributed by atoms with Crippen LogP contribution < -0.4 is 10.6 Å². The van der Waals surface area contributed by atoms with Crippen LogP contribution in [0.5, 0.6) is 0 Å². The third-order valence-corrected chi connectivity index (χ3v) is 3.47. The number of carbonyl (C=O) groups is 1. The van der Waals surface area contributed by atoms with E-state index in [4.69, 9.17) is 0 Å². The van der Waals surface area contributed by atoms with E-state index in [0.717, 1.165) is 15.8 Å². The van der Waals surface area contributed by atoms with Crippen LogP contribution in [0, 0.1) is 6.92 Å². The first-order valence-corrected chi connectivity index (χ1v) is 7.23. The first-order chi connectivity index (χ1) is 9.54. The van der Waals surface area contributed by atoms with Crippen molar-refractivity contribution in [1.29, 1.82) is 0 Å². The van der Waals surface area contributed by atoms with E-state index in [1.165, 1.54) is 5.56 Å². The summed E-state index contributed by atoms with van der Waals surface area (Å²) in [7, 11) is 0. The number of amides is 1. The molecule has 0 saturated heterocycles. The van der Waals surface area contributed by atoms with Gasteiger partial charge in [-0.15, -0.1) is 0 Å². The highest BCUT2D eigenvalue weighted by Gasteiger charge is 2.12. The fraction of sp³-hybridized carbons (Fsp3) is 0.188. The third-order valence-electron chi connectivity index (χ3n) is 2.94. The molecule has 3 nitrogen and oxygen atoms in total. The van der Waals surface area contributed by atoms with E-state index in [-0.39, 0.29) is 11.9 Å². The van der Waals surface area contributed by atoms with Gasteiger partial charge in [0.2, 0.25) is 5.91 Å². The van der Waals surface area contributed by atoms with Crippen molar-refractivity contribution in [2.75, 3.05) is 10.6 Å². The monoisotopic (exact) mass is 332 g/mol. The molecule has 0 heterocycles. The average molecular weight is 333 g/mol. The summed E-state index contributed by atoms with van der Waals surface area (Å²) >= 11 is 3.37. The van der Waals surface area contributed by atoms with Crippen LogP contribution in [0.3, 0.4) is 0 Å². The maximum absolute atomic E-state index is 12.1. The standard InChI is InChI=1S/C16H17BrN2O/c1-11-3-7-14(8-4-11)18-12(2)16(20)19-15-9-5-13(17)6-10-15/h3-10,12,18H,1-2H3,(H,19,20)/t12-/m1/s1. The predicted octanol–water partition coefficient (Wildman–Crippen LogP) is 4.20. The van der Waals surface area contributed by atoms with Crippen LogP contribution in [-0.4, -0.2) is 11.9 Å². The Morgan fingerprint density at radius 1 is 1.00 bits per heavy atom. The van der Waals surface area contributed by atoms with Crippen molar-refractivity contribution in [1.82, 2.24) is 0 Å². The second kappa shape index (κ2) is 6.57. The van der Waals surface area contributed by atoms with Crippen LogP contribution in [0.2, 0.25) is 0 Å². The molecule has 0 aliphatic carbocycles. The summed E-state index contributed by atoms with van der Waals surface area (Å²) in [4.78, 5) is 12.1. The van der Waals surface area contributed by atoms with Crippen LogP contribution in [0.25, 0.3) is 0 Å².